The monoisotopic (exact) mass is 200 g/mol. The Labute approximate surface area is 83.0 Å². The standard InChI is InChI=1S/C9H16N2O3/c12-8-4-11(5-8)9(13)3-7-6-14-2-1-10-7/h7-8,10,12H,1-6H2. The first-order valence-corrected chi connectivity index (χ1v) is 5.02. The van der Waals surface area contributed by atoms with Crippen LogP contribution in [-0.2, 0) is 9.53 Å². The highest BCUT2D eigenvalue weighted by Crippen LogP contribution is 2.11. The van der Waals surface area contributed by atoms with Gasteiger partial charge in [0.15, 0.2) is 0 Å². The van der Waals surface area contributed by atoms with E-state index in [1.165, 1.54) is 0 Å². The average Bonchev–Trinajstić information content (AvgIpc) is 2.14. The van der Waals surface area contributed by atoms with Crippen LogP contribution in [0.25, 0.3) is 0 Å². The fourth-order valence-corrected chi connectivity index (χ4v) is 1.75. The van der Waals surface area contributed by atoms with Gasteiger partial charge in [0.25, 0.3) is 0 Å². The maximum Gasteiger partial charge on any atom is 0.224 e. The van der Waals surface area contributed by atoms with E-state index < -0.39 is 0 Å². The zero-order valence-corrected chi connectivity index (χ0v) is 8.11. The van der Waals surface area contributed by atoms with E-state index in [1.807, 2.05) is 0 Å². The Hall–Kier alpha value is -0.650. The van der Waals surface area contributed by atoms with E-state index in [1.54, 1.807) is 4.90 Å². The number of β-amino-alcohol motifs (C(OH)–C–C–N with tert-alkyl or cyclic N) is 1. The molecule has 2 fully saturated rings. The van der Waals surface area contributed by atoms with E-state index in [0.717, 1.165) is 13.2 Å². The summed E-state index contributed by atoms with van der Waals surface area (Å²) in [6.07, 6.45) is 0.168. The van der Waals surface area contributed by atoms with Crippen molar-refractivity contribution >= 4 is 5.91 Å². The number of aliphatic hydroxyl groups is 1. The Kier molecular flexibility index (Phi) is 3.00. The SMILES string of the molecule is O=C(CC1COCCN1)N1CC(O)C1. The lowest BCUT2D eigenvalue weighted by molar-refractivity contribution is -0.142. The molecule has 0 saturated carbocycles. The van der Waals surface area contributed by atoms with Gasteiger partial charge in [0.05, 0.1) is 19.3 Å². The zero-order valence-electron chi connectivity index (χ0n) is 8.11. The number of carbonyl (C=O) groups is 1. The Morgan fingerprint density at radius 3 is 2.93 bits per heavy atom. The molecule has 80 valence electrons. The van der Waals surface area contributed by atoms with E-state index in [2.05, 4.69) is 5.32 Å². The Morgan fingerprint density at radius 2 is 2.36 bits per heavy atom. The lowest BCUT2D eigenvalue weighted by Gasteiger charge is -2.37. The maximum atomic E-state index is 11.6. The van der Waals surface area contributed by atoms with Gasteiger partial charge < -0.3 is 20.1 Å². The van der Waals surface area contributed by atoms with Crippen molar-refractivity contribution in [1.29, 1.82) is 0 Å². The molecule has 0 bridgehead atoms. The van der Waals surface area contributed by atoms with Gasteiger partial charge in [0.1, 0.15) is 0 Å². The number of amides is 1. The third-order valence-electron chi connectivity index (χ3n) is 2.63. The molecule has 1 amide bonds. The number of hydrogen-bond donors (Lipinski definition) is 2. The minimum absolute atomic E-state index is 0.110. The summed E-state index contributed by atoms with van der Waals surface area (Å²) in [4.78, 5) is 13.2. The molecular weight excluding hydrogens is 184 g/mol. The predicted molar refractivity (Wildman–Crippen MR) is 49.8 cm³/mol. The van der Waals surface area contributed by atoms with E-state index in [4.69, 9.17) is 9.84 Å². The molecule has 0 radical (unpaired) electrons. The first kappa shape index (κ1) is 9.89. The van der Waals surface area contributed by atoms with Gasteiger partial charge >= 0.3 is 0 Å². The van der Waals surface area contributed by atoms with Gasteiger partial charge in [-0.3, -0.25) is 4.79 Å². The van der Waals surface area contributed by atoms with Crippen molar-refractivity contribution in [1.82, 2.24) is 10.2 Å². The molecule has 2 heterocycles. The van der Waals surface area contributed by atoms with E-state index in [0.29, 0.717) is 26.1 Å². The van der Waals surface area contributed by atoms with Gasteiger partial charge in [-0.05, 0) is 0 Å². The van der Waals surface area contributed by atoms with Crippen LogP contribution in [-0.4, -0.2) is 60.9 Å². The average molecular weight is 200 g/mol. The van der Waals surface area contributed by atoms with E-state index in [9.17, 15) is 4.79 Å². The van der Waals surface area contributed by atoms with Crippen LogP contribution in [0, 0.1) is 0 Å². The van der Waals surface area contributed by atoms with Crippen LogP contribution >= 0.6 is 0 Å². The summed E-state index contributed by atoms with van der Waals surface area (Å²) in [5.41, 5.74) is 0. The summed E-state index contributed by atoms with van der Waals surface area (Å²) in [5, 5.41) is 12.3. The van der Waals surface area contributed by atoms with Crippen LogP contribution in [0.15, 0.2) is 0 Å². The fourth-order valence-electron chi connectivity index (χ4n) is 1.75. The number of nitrogens with one attached hydrogen (secondary N) is 1. The largest absolute Gasteiger partial charge is 0.389 e. The number of nitrogens with zero attached hydrogens (tertiary/aromatic N) is 1. The van der Waals surface area contributed by atoms with Gasteiger partial charge in [0, 0.05) is 32.1 Å². The molecule has 2 saturated heterocycles. The van der Waals surface area contributed by atoms with Gasteiger partial charge in [-0.2, -0.15) is 0 Å². The summed E-state index contributed by atoms with van der Waals surface area (Å²) in [6, 6.07) is 0.147. The highest BCUT2D eigenvalue weighted by atomic mass is 16.5. The topological polar surface area (TPSA) is 61.8 Å². The van der Waals surface area contributed by atoms with Crippen molar-refractivity contribution in [3.63, 3.8) is 0 Å². The minimum Gasteiger partial charge on any atom is -0.389 e. The van der Waals surface area contributed by atoms with E-state index >= 15 is 0 Å². The molecule has 5 heteroatoms. The number of rotatable bonds is 2. The van der Waals surface area contributed by atoms with Crippen molar-refractivity contribution in [2.75, 3.05) is 32.8 Å². The summed E-state index contributed by atoms with van der Waals surface area (Å²) >= 11 is 0. The van der Waals surface area contributed by atoms with Crippen molar-refractivity contribution in [2.45, 2.75) is 18.6 Å². The smallest absolute Gasteiger partial charge is 0.224 e. The lowest BCUT2D eigenvalue weighted by Crippen LogP contribution is -2.55. The van der Waals surface area contributed by atoms with Crippen molar-refractivity contribution in [2.24, 2.45) is 0 Å². The number of morpholine rings is 1. The van der Waals surface area contributed by atoms with Crippen LogP contribution in [0.2, 0.25) is 0 Å². The van der Waals surface area contributed by atoms with Crippen molar-refractivity contribution in [3.05, 3.63) is 0 Å². The van der Waals surface area contributed by atoms with E-state index in [-0.39, 0.29) is 18.1 Å². The Balaban J connectivity index is 1.71. The summed E-state index contributed by atoms with van der Waals surface area (Å²) in [6.45, 7) is 3.15. The second kappa shape index (κ2) is 4.25. The van der Waals surface area contributed by atoms with Crippen LogP contribution in [0.5, 0.6) is 0 Å². The molecule has 2 rings (SSSR count). The summed E-state index contributed by atoms with van der Waals surface area (Å²) in [7, 11) is 0. The molecule has 0 aliphatic carbocycles. The fraction of sp³-hybridized carbons (Fsp3) is 0.889. The van der Waals surface area contributed by atoms with Crippen LogP contribution in [0.1, 0.15) is 6.42 Å². The molecule has 1 atom stereocenters. The highest BCUT2D eigenvalue weighted by Gasteiger charge is 2.30. The number of carbonyl (C=O) groups excluding carboxylic acids is 1. The van der Waals surface area contributed by atoms with Crippen molar-refractivity contribution in [3.8, 4) is 0 Å². The molecule has 0 aromatic heterocycles. The van der Waals surface area contributed by atoms with Crippen LogP contribution in [0.4, 0.5) is 0 Å². The van der Waals surface area contributed by atoms with Gasteiger partial charge in [-0.15, -0.1) is 0 Å². The zero-order chi connectivity index (χ0) is 9.97. The molecule has 2 N–H and O–H groups in total. The Morgan fingerprint density at radius 1 is 1.57 bits per heavy atom. The first-order valence-electron chi connectivity index (χ1n) is 5.02. The first-order chi connectivity index (χ1) is 6.75. The highest BCUT2D eigenvalue weighted by molar-refractivity contribution is 5.77. The molecule has 2 aliphatic rings. The lowest BCUT2D eigenvalue weighted by atomic mass is 10.1. The molecule has 0 aromatic carbocycles. The summed E-state index contributed by atoms with van der Waals surface area (Å²) in [5.74, 6) is 0.110. The number of aliphatic hydroxyl groups excluding tert-OH is 1. The Bertz CT molecular complexity index is 210. The molecule has 5 nitrogen and oxygen atoms in total. The molecule has 2 aliphatic heterocycles. The molecule has 0 spiro atoms. The second-order valence-corrected chi connectivity index (χ2v) is 3.88. The molecule has 1 unspecified atom stereocenters. The maximum absolute atomic E-state index is 11.6. The normalized spacial score (nSPS) is 28.6. The van der Waals surface area contributed by atoms with Crippen LogP contribution < -0.4 is 5.32 Å². The quantitative estimate of drug-likeness (QED) is 0.573. The van der Waals surface area contributed by atoms with Gasteiger partial charge in [-0.1, -0.05) is 0 Å². The molecule has 14 heavy (non-hydrogen) atoms. The van der Waals surface area contributed by atoms with Gasteiger partial charge in [0.2, 0.25) is 5.91 Å². The number of ether oxygens (including phenoxy) is 1. The van der Waals surface area contributed by atoms with Crippen molar-refractivity contribution < 1.29 is 14.6 Å². The number of likely N-dealkylation sites (tertiary alicyclic amines) is 1. The van der Waals surface area contributed by atoms with Gasteiger partial charge in [-0.25, -0.2) is 0 Å². The molecular formula is C9H16N2O3. The minimum atomic E-state index is -0.311. The third-order valence-corrected chi connectivity index (χ3v) is 2.63. The molecule has 0 aromatic rings. The third kappa shape index (κ3) is 2.23. The van der Waals surface area contributed by atoms with Crippen LogP contribution in [0.3, 0.4) is 0 Å². The predicted octanol–water partition coefficient (Wildman–Crippen LogP) is -1.43. The summed E-state index contributed by atoms with van der Waals surface area (Å²) < 4.78 is 5.25. The second-order valence-electron chi connectivity index (χ2n) is 3.88. The number of hydrogen-bond acceptors (Lipinski definition) is 4.